The number of benzene rings is 2. The van der Waals surface area contributed by atoms with Crippen LogP contribution in [0.3, 0.4) is 0 Å². The Morgan fingerprint density at radius 1 is 1.00 bits per heavy atom. The van der Waals surface area contributed by atoms with Crippen molar-refractivity contribution in [2.24, 2.45) is 0 Å². The molecular formula is C16H15NO4S2. The van der Waals surface area contributed by atoms with Gasteiger partial charge >= 0.3 is 0 Å². The molecule has 0 radical (unpaired) electrons. The molecule has 0 spiro atoms. The third kappa shape index (κ3) is 3.52. The molecule has 3 rings (SSSR count). The molecule has 1 aliphatic heterocycles. The molecule has 0 aromatic heterocycles. The molecule has 0 aliphatic carbocycles. The molecule has 0 saturated heterocycles. The Morgan fingerprint density at radius 2 is 1.65 bits per heavy atom. The fraction of sp³-hybridized carbons (Fsp3) is 0.125. The molecule has 0 amide bonds. The van der Waals surface area contributed by atoms with E-state index in [1.54, 1.807) is 42.5 Å². The smallest absolute Gasteiger partial charge is 0.224 e. The van der Waals surface area contributed by atoms with Gasteiger partial charge in [0.15, 0.2) is 9.84 Å². The Bertz CT molecular complexity index is 949. The van der Waals surface area contributed by atoms with Gasteiger partial charge in [0.2, 0.25) is 10.0 Å². The molecule has 0 saturated carbocycles. The molecule has 7 heteroatoms. The summed E-state index contributed by atoms with van der Waals surface area (Å²) in [5, 5.41) is 1.05. The first-order valence-electron chi connectivity index (χ1n) is 6.94. The van der Waals surface area contributed by atoms with Gasteiger partial charge in [0, 0.05) is 5.41 Å². The maximum absolute atomic E-state index is 12.2. The first kappa shape index (κ1) is 15.9. The van der Waals surface area contributed by atoms with Crippen molar-refractivity contribution in [2.45, 2.75) is 10.9 Å². The molecule has 1 N–H and O–H groups in total. The molecule has 1 heterocycles. The van der Waals surface area contributed by atoms with Crippen molar-refractivity contribution < 1.29 is 16.8 Å². The summed E-state index contributed by atoms with van der Waals surface area (Å²) in [6.07, 6.45) is 1.47. The minimum Gasteiger partial charge on any atom is -0.224 e. The van der Waals surface area contributed by atoms with Crippen LogP contribution in [0.4, 0.5) is 0 Å². The van der Waals surface area contributed by atoms with E-state index in [4.69, 9.17) is 0 Å². The van der Waals surface area contributed by atoms with Gasteiger partial charge in [-0.2, -0.15) is 0 Å². The van der Waals surface area contributed by atoms with Gasteiger partial charge in [0.1, 0.15) is 0 Å². The summed E-state index contributed by atoms with van der Waals surface area (Å²) in [5.41, 5.74) is 1.24. The average Bonchev–Trinajstić information content (AvgIpc) is 2.77. The predicted octanol–water partition coefficient (Wildman–Crippen LogP) is 2.11. The van der Waals surface area contributed by atoms with Crippen LogP contribution in [0.15, 0.2) is 64.9 Å². The van der Waals surface area contributed by atoms with Crippen LogP contribution >= 0.6 is 0 Å². The summed E-state index contributed by atoms with van der Waals surface area (Å²) in [7, 11) is -7.20. The summed E-state index contributed by atoms with van der Waals surface area (Å²) in [5.74, 6) is -0.259. The zero-order valence-electron chi connectivity index (χ0n) is 12.1. The number of sulfonamides is 1. The maximum atomic E-state index is 12.2. The van der Waals surface area contributed by atoms with Crippen LogP contribution in [-0.4, -0.2) is 22.6 Å². The van der Waals surface area contributed by atoms with Gasteiger partial charge in [-0.25, -0.2) is 21.6 Å². The minimum absolute atomic E-state index is 0.194. The fourth-order valence-corrected chi connectivity index (χ4v) is 5.38. The SMILES string of the molecule is O=S(=O)(/C=C/c1ccccc1)NC1CS(=O)(=O)c2ccccc21. The Morgan fingerprint density at radius 3 is 2.39 bits per heavy atom. The van der Waals surface area contributed by atoms with Gasteiger partial charge in [-0.3, -0.25) is 0 Å². The molecule has 2 aromatic carbocycles. The topological polar surface area (TPSA) is 80.3 Å². The Kier molecular flexibility index (Phi) is 4.09. The van der Waals surface area contributed by atoms with Crippen LogP contribution in [0, 0.1) is 0 Å². The van der Waals surface area contributed by atoms with Crippen LogP contribution in [0.2, 0.25) is 0 Å². The van der Waals surface area contributed by atoms with E-state index < -0.39 is 25.9 Å². The lowest BCUT2D eigenvalue weighted by atomic mass is 10.1. The summed E-state index contributed by atoms with van der Waals surface area (Å²) >= 11 is 0. The normalized spacial score (nSPS) is 19.7. The van der Waals surface area contributed by atoms with E-state index >= 15 is 0 Å². The van der Waals surface area contributed by atoms with Crippen molar-refractivity contribution in [3.05, 3.63) is 71.1 Å². The first-order chi connectivity index (χ1) is 10.9. The molecule has 1 aliphatic rings. The van der Waals surface area contributed by atoms with Crippen molar-refractivity contribution in [1.82, 2.24) is 4.72 Å². The number of fused-ring (bicyclic) bond motifs is 1. The highest BCUT2D eigenvalue weighted by atomic mass is 32.2. The highest BCUT2D eigenvalue weighted by Crippen LogP contribution is 2.33. The lowest BCUT2D eigenvalue weighted by Crippen LogP contribution is -2.27. The largest absolute Gasteiger partial charge is 0.234 e. The van der Waals surface area contributed by atoms with E-state index in [1.165, 1.54) is 12.1 Å². The molecule has 1 unspecified atom stereocenters. The first-order valence-corrected chi connectivity index (χ1v) is 10.1. The van der Waals surface area contributed by atoms with Gasteiger partial charge in [0.05, 0.1) is 16.7 Å². The van der Waals surface area contributed by atoms with Crippen LogP contribution < -0.4 is 4.72 Å². The number of nitrogens with one attached hydrogen (secondary N) is 1. The summed E-state index contributed by atoms with van der Waals surface area (Å²) in [6.45, 7) is 0. The Labute approximate surface area is 135 Å². The van der Waals surface area contributed by atoms with Gasteiger partial charge in [-0.1, -0.05) is 48.5 Å². The highest BCUT2D eigenvalue weighted by molar-refractivity contribution is 7.93. The molecule has 120 valence electrons. The van der Waals surface area contributed by atoms with E-state index in [0.717, 1.165) is 11.0 Å². The van der Waals surface area contributed by atoms with E-state index in [0.29, 0.717) is 5.56 Å². The van der Waals surface area contributed by atoms with Crippen molar-refractivity contribution >= 4 is 25.9 Å². The molecule has 0 fully saturated rings. The molecule has 5 nitrogen and oxygen atoms in total. The summed E-state index contributed by atoms with van der Waals surface area (Å²) in [4.78, 5) is 0.194. The summed E-state index contributed by atoms with van der Waals surface area (Å²) in [6, 6.07) is 14.7. The quantitative estimate of drug-likeness (QED) is 0.917. The van der Waals surface area contributed by atoms with Crippen molar-refractivity contribution in [1.29, 1.82) is 0 Å². The third-order valence-electron chi connectivity index (χ3n) is 3.56. The van der Waals surface area contributed by atoms with Crippen LogP contribution in [-0.2, 0) is 19.9 Å². The van der Waals surface area contributed by atoms with Crippen molar-refractivity contribution in [3.63, 3.8) is 0 Å². The van der Waals surface area contributed by atoms with E-state index in [9.17, 15) is 16.8 Å². The maximum Gasteiger partial charge on any atom is 0.234 e. The number of sulfone groups is 1. The Hall–Kier alpha value is -1.96. The molecule has 2 aromatic rings. The van der Waals surface area contributed by atoms with Gasteiger partial charge in [-0.05, 0) is 23.3 Å². The van der Waals surface area contributed by atoms with Crippen molar-refractivity contribution in [2.75, 3.05) is 5.75 Å². The highest BCUT2D eigenvalue weighted by Gasteiger charge is 2.35. The second-order valence-electron chi connectivity index (χ2n) is 5.25. The van der Waals surface area contributed by atoms with Gasteiger partial charge in [-0.15, -0.1) is 0 Å². The molecule has 1 atom stereocenters. The number of hydrogen-bond acceptors (Lipinski definition) is 4. The van der Waals surface area contributed by atoms with E-state index in [-0.39, 0.29) is 10.6 Å². The van der Waals surface area contributed by atoms with E-state index in [1.807, 2.05) is 6.07 Å². The van der Waals surface area contributed by atoms with Gasteiger partial charge in [0.25, 0.3) is 0 Å². The van der Waals surface area contributed by atoms with Crippen molar-refractivity contribution in [3.8, 4) is 0 Å². The van der Waals surface area contributed by atoms with Crippen LogP contribution in [0.5, 0.6) is 0 Å². The van der Waals surface area contributed by atoms with Gasteiger partial charge < -0.3 is 0 Å². The zero-order chi connectivity index (χ0) is 16.5. The van der Waals surface area contributed by atoms with E-state index in [2.05, 4.69) is 4.72 Å². The lowest BCUT2D eigenvalue weighted by Gasteiger charge is -2.10. The number of hydrogen-bond donors (Lipinski definition) is 1. The van der Waals surface area contributed by atoms with Crippen LogP contribution in [0.1, 0.15) is 17.2 Å². The van der Waals surface area contributed by atoms with Crippen LogP contribution in [0.25, 0.3) is 6.08 Å². The fourth-order valence-electron chi connectivity index (χ4n) is 2.52. The molecular weight excluding hydrogens is 334 g/mol. The predicted molar refractivity (Wildman–Crippen MR) is 88.8 cm³/mol. The second kappa shape index (κ2) is 5.92. The summed E-state index contributed by atoms with van der Waals surface area (Å²) < 4.78 is 51.0. The average molecular weight is 349 g/mol. The zero-order valence-corrected chi connectivity index (χ0v) is 13.7. The second-order valence-corrected chi connectivity index (χ2v) is 8.85. The lowest BCUT2D eigenvalue weighted by molar-refractivity contribution is 0.574. The standard InChI is InChI=1S/C16H15NO4S2/c18-22(19)12-15(14-8-4-5-9-16(14)22)17-23(20,21)11-10-13-6-2-1-3-7-13/h1-11,15,17H,12H2/b11-10+. The number of rotatable bonds is 4. The molecule has 23 heavy (non-hydrogen) atoms. The Balaban J connectivity index is 1.84. The monoisotopic (exact) mass is 349 g/mol. The minimum atomic E-state index is -3.75. The third-order valence-corrected chi connectivity index (χ3v) is 6.48. The molecule has 0 bridgehead atoms.